The molecule has 0 radical (unpaired) electrons. The van der Waals surface area contributed by atoms with Gasteiger partial charge in [0.25, 0.3) is 0 Å². The van der Waals surface area contributed by atoms with Crippen molar-refractivity contribution in [2.24, 2.45) is 0 Å². The SMILES string of the molecule is CC(=O)N1CCCC[C@H]1c1nc(N(C)C)ncc1I. The number of anilines is 1. The fourth-order valence-electron chi connectivity index (χ4n) is 2.41. The molecule has 1 aromatic rings. The summed E-state index contributed by atoms with van der Waals surface area (Å²) in [5, 5.41) is 0. The Bertz CT molecular complexity index is 478. The van der Waals surface area contributed by atoms with E-state index >= 15 is 0 Å². The molecule has 0 unspecified atom stereocenters. The number of piperidine rings is 1. The van der Waals surface area contributed by atoms with Crippen molar-refractivity contribution in [1.29, 1.82) is 0 Å². The zero-order chi connectivity index (χ0) is 14.0. The highest BCUT2D eigenvalue weighted by Crippen LogP contribution is 2.32. The first kappa shape index (κ1) is 14.5. The van der Waals surface area contributed by atoms with Gasteiger partial charge in [0, 0.05) is 33.8 Å². The summed E-state index contributed by atoms with van der Waals surface area (Å²) in [6, 6.07) is 0.0971. The van der Waals surface area contributed by atoms with E-state index in [0.29, 0.717) is 5.95 Å². The van der Waals surface area contributed by atoms with Crippen molar-refractivity contribution in [3.05, 3.63) is 15.5 Å². The minimum Gasteiger partial charge on any atom is -0.347 e. The van der Waals surface area contributed by atoms with Crippen LogP contribution in [0.4, 0.5) is 5.95 Å². The van der Waals surface area contributed by atoms with Crippen LogP contribution in [0, 0.1) is 3.57 Å². The molecule has 0 spiro atoms. The molecule has 104 valence electrons. The molecule has 0 N–H and O–H groups in total. The molecule has 2 rings (SSSR count). The van der Waals surface area contributed by atoms with Crippen LogP contribution in [0.25, 0.3) is 0 Å². The molecule has 5 nitrogen and oxygen atoms in total. The molecule has 1 amide bonds. The van der Waals surface area contributed by atoms with E-state index in [1.807, 2.05) is 30.1 Å². The Morgan fingerprint density at radius 3 is 2.84 bits per heavy atom. The summed E-state index contributed by atoms with van der Waals surface area (Å²) >= 11 is 2.25. The van der Waals surface area contributed by atoms with Gasteiger partial charge >= 0.3 is 0 Å². The Hall–Kier alpha value is -0.920. The predicted octanol–water partition coefficient (Wildman–Crippen LogP) is 2.22. The van der Waals surface area contributed by atoms with Gasteiger partial charge in [-0.1, -0.05) is 0 Å². The Kier molecular flexibility index (Phi) is 4.59. The maximum Gasteiger partial charge on any atom is 0.225 e. The second kappa shape index (κ2) is 6.02. The van der Waals surface area contributed by atoms with Gasteiger partial charge in [-0.25, -0.2) is 9.97 Å². The first-order valence-corrected chi connectivity index (χ1v) is 7.55. The van der Waals surface area contributed by atoms with E-state index in [9.17, 15) is 4.79 Å². The molecule has 1 aliphatic rings. The average Bonchev–Trinajstić information content (AvgIpc) is 2.39. The standard InChI is InChI=1S/C13H19IN4O/c1-9(19)18-7-5-4-6-11(18)12-10(14)8-15-13(16-12)17(2)3/h8,11H,4-7H2,1-3H3/t11-/m0/s1. The third-order valence-electron chi connectivity index (χ3n) is 3.38. The van der Waals surface area contributed by atoms with Crippen molar-refractivity contribution in [2.45, 2.75) is 32.2 Å². The van der Waals surface area contributed by atoms with Crippen LogP contribution in [-0.2, 0) is 4.79 Å². The molecule has 1 aromatic heterocycles. The summed E-state index contributed by atoms with van der Waals surface area (Å²) in [6.45, 7) is 2.47. The number of nitrogens with zero attached hydrogens (tertiary/aromatic N) is 4. The number of carbonyl (C=O) groups excluding carboxylic acids is 1. The summed E-state index contributed by atoms with van der Waals surface area (Å²) in [5.74, 6) is 0.829. The van der Waals surface area contributed by atoms with Gasteiger partial charge in [0.15, 0.2) is 0 Å². The lowest BCUT2D eigenvalue weighted by molar-refractivity contribution is -0.132. The van der Waals surface area contributed by atoms with Crippen LogP contribution < -0.4 is 4.90 Å². The number of amides is 1. The number of hydrogen-bond acceptors (Lipinski definition) is 4. The molecule has 1 fully saturated rings. The molecule has 2 heterocycles. The van der Waals surface area contributed by atoms with Crippen LogP contribution in [0.5, 0.6) is 0 Å². The minimum atomic E-state index is 0.0971. The number of halogens is 1. The van der Waals surface area contributed by atoms with Gasteiger partial charge in [0.1, 0.15) is 0 Å². The summed E-state index contributed by atoms with van der Waals surface area (Å²) in [5.41, 5.74) is 0.981. The highest BCUT2D eigenvalue weighted by molar-refractivity contribution is 14.1. The zero-order valence-corrected chi connectivity index (χ0v) is 13.7. The Morgan fingerprint density at radius 2 is 2.21 bits per heavy atom. The first-order valence-electron chi connectivity index (χ1n) is 6.47. The van der Waals surface area contributed by atoms with Gasteiger partial charge in [0.2, 0.25) is 11.9 Å². The molecule has 0 bridgehead atoms. The second-order valence-corrected chi connectivity index (χ2v) is 6.18. The van der Waals surface area contributed by atoms with Crippen molar-refractivity contribution in [2.75, 3.05) is 25.5 Å². The van der Waals surface area contributed by atoms with Crippen LogP contribution in [0.3, 0.4) is 0 Å². The lowest BCUT2D eigenvalue weighted by Gasteiger charge is -2.35. The predicted molar refractivity (Wildman–Crippen MR) is 83.1 cm³/mol. The van der Waals surface area contributed by atoms with E-state index in [-0.39, 0.29) is 11.9 Å². The van der Waals surface area contributed by atoms with Gasteiger partial charge in [-0.3, -0.25) is 4.79 Å². The van der Waals surface area contributed by atoms with Crippen molar-refractivity contribution < 1.29 is 4.79 Å². The fraction of sp³-hybridized carbons (Fsp3) is 0.615. The number of aromatic nitrogens is 2. The Labute approximate surface area is 127 Å². The van der Waals surface area contributed by atoms with Gasteiger partial charge in [0.05, 0.1) is 15.3 Å². The largest absolute Gasteiger partial charge is 0.347 e. The van der Waals surface area contributed by atoms with Crippen molar-refractivity contribution in [3.63, 3.8) is 0 Å². The average molecular weight is 374 g/mol. The third-order valence-corrected chi connectivity index (χ3v) is 4.21. The van der Waals surface area contributed by atoms with E-state index < -0.39 is 0 Å². The zero-order valence-electron chi connectivity index (χ0n) is 11.6. The maximum atomic E-state index is 11.8. The van der Waals surface area contributed by atoms with Gasteiger partial charge in [-0.2, -0.15) is 0 Å². The van der Waals surface area contributed by atoms with Crippen LogP contribution in [0.2, 0.25) is 0 Å². The van der Waals surface area contributed by atoms with E-state index in [2.05, 4.69) is 32.6 Å². The Balaban J connectivity index is 2.37. The maximum absolute atomic E-state index is 11.8. The summed E-state index contributed by atoms with van der Waals surface area (Å²) < 4.78 is 1.03. The summed E-state index contributed by atoms with van der Waals surface area (Å²) in [4.78, 5) is 24.6. The molecule has 0 aromatic carbocycles. The highest BCUT2D eigenvalue weighted by Gasteiger charge is 2.29. The fourth-order valence-corrected chi connectivity index (χ4v) is 3.03. The quantitative estimate of drug-likeness (QED) is 0.745. The molecular formula is C13H19IN4O. The normalized spacial score (nSPS) is 19.4. The lowest BCUT2D eigenvalue weighted by Crippen LogP contribution is -2.38. The molecular weight excluding hydrogens is 355 g/mol. The molecule has 1 aliphatic heterocycles. The summed E-state index contributed by atoms with van der Waals surface area (Å²) in [7, 11) is 3.85. The molecule has 1 atom stereocenters. The topological polar surface area (TPSA) is 49.3 Å². The molecule has 0 aliphatic carbocycles. The van der Waals surface area contributed by atoms with Crippen molar-refractivity contribution in [3.8, 4) is 0 Å². The van der Waals surface area contributed by atoms with Crippen LogP contribution in [-0.4, -0.2) is 41.4 Å². The number of rotatable bonds is 2. The van der Waals surface area contributed by atoms with E-state index in [0.717, 1.165) is 35.1 Å². The van der Waals surface area contributed by atoms with E-state index in [1.54, 1.807) is 6.92 Å². The number of hydrogen-bond donors (Lipinski definition) is 0. The molecule has 1 saturated heterocycles. The van der Waals surface area contributed by atoms with Crippen molar-refractivity contribution >= 4 is 34.4 Å². The van der Waals surface area contributed by atoms with Crippen molar-refractivity contribution in [1.82, 2.24) is 14.9 Å². The Morgan fingerprint density at radius 1 is 1.47 bits per heavy atom. The molecule has 6 heteroatoms. The molecule has 19 heavy (non-hydrogen) atoms. The monoisotopic (exact) mass is 374 g/mol. The lowest BCUT2D eigenvalue weighted by atomic mass is 9.99. The van der Waals surface area contributed by atoms with E-state index in [1.165, 1.54) is 0 Å². The van der Waals surface area contributed by atoms with Gasteiger partial charge in [-0.15, -0.1) is 0 Å². The molecule has 0 saturated carbocycles. The second-order valence-electron chi connectivity index (χ2n) is 5.02. The highest BCUT2D eigenvalue weighted by atomic mass is 127. The van der Waals surface area contributed by atoms with Gasteiger partial charge in [-0.05, 0) is 41.9 Å². The van der Waals surface area contributed by atoms with Crippen LogP contribution in [0.15, 0.2) is 6.20 Å². The summed E-state index contributed by atoms with van der Waals surface area (Å²) in [6.07, 6.45) is 5.05. The van der Waals surface area contributed by atoms with Crippen LogP contribution in [0.1, 0.15) is 37.9 Å². The number of likely N-dealkylation sites (tertiary alicyclic amines) is 1. The first-order chi connectivity index (χ1) is 9.00. The van der Waals surface area contributed by atoms with E-state index in [4.69, 9.17) is 0 Å². The minimum absolute atomic E-state index is 0.0971. The third kappa shape index (κ3) is 3.16. The number of carbonyl (C=O) groups is 1. The van der Waals surface area contributed by atoms with Gasteiger partial charge < -0.3 is 9.80 Å². The van der Waals surface area contributed by atoms with Crippen LogP contribution >= 0.6 is 22.6 Å². The smallest absolute Gasteiger partial charge is 0.225 e.